The normalized spacial score (nSPS) is 28.4. The number of benzene rings is 1. The Morgan fingerprint density at radius 1 is 1.35 bits per heavy atom. The quantitative estimate of drug-likeness (QED) is 0.754. The van der Waals surface area contributed by atoms with E-state index in [4.69, 9.17) is 0 Å². The van der Waals surface area contributed by atoms with Crippen LogP contribution < -0.4 is 5.32 Å². The highest BCUT2D eigenvalue weighted by Gasteiger charge is 2.31. The van der Waals surface area contributed by atoms with Gasteiger partial charge in [0.25, 0.3) is 0 Å². The molecule has 2 nitrogen and oxygen atoms in total. The van der Waals surface area contributed by atoms with Gasteiger partial charge in [0.1, 0.15) is 0 Å². The molecular formula is C16H23Br2NO. The second kappa shape index (κ2) is 6.91. The van der Waals surface area contributed by atoms with Gasteiger partial charge in [-0.25, -0.2) is 0 Å². The smallest absolute Gasteiger partial charge is 0.0772 e. The van der Waals surface area contributed by atoms with Gasteiger partial charge in [0.2, 0.25) is 0 Å². The molecule has 4 heteroatoms. The van der Waals surface area contributed by atoms with Crippen LogP contribution in [0.5, 0.6) is 0 Å². The largest absolute Gasteiger partial charge is 0.389 e. The molecule has 0 heterocycles. The predicted molar refractivity (Wildman–Crippen MR) is 90.8 cm³/mol. The second-order valence-electron chi connectivity index (χ2n) is 6.18. The number of halogens is 2. The van der Waals surface area contributed by atoms with E-state index >= 15 is 0 Å². The lowest BCUT2D eigenvalue weighted by Gasteiger charge is -2.36. The number of hydrogen-bond acceptors (Lipinski definition) is 2. The van der Waals surface area contributed by atoms with Gasteiger partial charge in [0.15, 0.2) is 0 Å². The van der Waals surface area contributed by atoms with Crippen molar-refractivity contribution in [3.05, 3.63) is 32.7 Å². The van der Waals surface area contributed by atoms with E-state index in [1.54, 1.807) is 0 Å². The van der Waals surface area contributed by atoms with Gasteiger partial charge in [-0.3, -0.25) is 0 Å². The summed E-state index contributed by atoms with van der Waals surface area (Å²) in [5.74, 6) is 0.758. The van der Waals surface area contributed by atoms with Crippen molar-refractivity contribution >= 4 is 31.9 Å². The SMILES string of the molecule is CC1CCC(O)(CNC(C)c2ccc(Br)cc2Br)CC1. The number of aliphatic hydroxyl groups is 1. The van der Waals surface area contributed by atoms with Crippen molar-refractivity contribution in [1.82, 2.24) is 5.32 Å². The van der Waals surface area contributed by atoms with Crippen LogP contribution in [0.1, 0.15) is 51.1 Å². The van der Waals surface area contributed by atoms with E-state index in [0.717, 1.165) is 40.5 Å². The van der Waals surface area contributed by atoms with Crippen molar-refractivity contribution in [3.63, 3.8) is 0 Å². The maximum absolute atomic E-state index is 10.6. The zero-order valence-corrected chi connectivity index (χ0v) is 15.3. The highest BCUT2D eigenvalue weighted by Crippen LogP contribution is 2.32. The zero-order valence-electron chi connectivity index (χ0n) is 12.1. The second-order valence-corrected chi connectivity index (χ2v) is 7.95. The van der Waals surface area contributed by atoms with Crippen molar-refractivity contribution in [2.45, 2.75) is 51.2 Å². The van der Waals surface area contributed by atoms with Gasteiger partial charge in [-0.1, -0.05) is 44.8 Å². The van der Waals surface area contributed by atoms with Crippen molar-refractivity contribution in [2.75, 3.05) is 6.54 Å². The Hall–Kier alpha value is 0.1000. The van der Waals surface area contributed by atoms with Gasteiger partial charge in [0, 0.05) is 21.5 Å². The molecule has 1 aromatic rings. The topological polar surface area (TPSA) is 32.3 Å². The molecular weight excluding hydrogens is 382 g/mol. The third-order valence-corrected chi connectivity index (χ3v) is 5.55. The fourth-order valence-corrected chi connectivity index (χ4v) is 4.17. The monoisotopic (exact) mass is 403 g/mol. The zero-order chi connectivity index (χ0) is 14.8. The van der Waals surface area contributed by atoms with E-state index in [1.165, 1.54) is 5.56 Å². The summed E-state index contributed by atoms with van der Waals surface area (Å²) in [6.45, 7) is 5.08. The average molecular weight is 405 g/mol. The molecule has 1 aromatic carbocycles. The number of rotatable bonds is 4. The Labute approximate surface area is 138 Å². The molecule has 0 amide bonds. The first-order chi connectivity index (χ1) is 9.39. The highest BCUT2D eigenvalue weighted by atomic mass is 79.9. The minimum atomic E-state index is -0.525. The Balaban J connectivity index is 1.93. The van der Waals surface area contributed by atoms with Crippen LogP contribution in [0.3, 0.4) is 0 Å². The Bertz CT molecular complexity index is 456. The lowest BCUT2D eigenvalue weighted by Crippen LogP contribution is -2.44. The van der Waals surface area contributed by atoms with Crippen LogP contribution in [0.4, 0.5) is 0 Å². The van der Waals surface area contributed by atoms with E-state index < -0.39 is 5.60 Å². The maximum atomic E-state index is 10.6. The molecule has 0 saturated heterocycles. The fourth-order valence-electron chi connectivity index (χ4n) is 2.78. The lowest BCUT2D eigenvalue weighted by molar-refractivity contribution is -0.00785. The summed E-state index contributed by atoms with van der Waals surface area (Å²) in [6, 6.07) is 6.44. The Morgan fingerprint density at radius 3 is 2.60 bits per heavy atom. The molecule has 2 rings (SSSR count). The van der Waals surface area contributed by atoms with Crippen LogP contribution >= 0.6 is 31.9 Å². The molecule has 0 radical (unpaired) electrons. The Kier molecular flexibility index (Phi) is 5.69. The number of nitrogens with one attached hydrogen (secondary N) is 1. The summed E-state index contributed by atoms with van der Waals surface area (Å²) in [4.78, 5) is 0. The molecule has 1 atom stereocenters. The van der Waals surface area contributed by atoms with Gasteiger partial charge < -0.3 is 10.4 Å². The summed E-state index contributed by atoms with van der Waals surface area (Å²) in [6.07, 6.45) is 4.09. The summed E-state index contributed by atoms with van der Waals surface area (Å²) in [5, 5.41) is 14.1. The highest BCUT2D eigenvalue weighted by molar-refractivity contribution is 9.11. The first-order valence-electron chi connectivity index (χ1n) is 7.30. The molecule has 1 aliphatic carbocycles. The molecule has 1 saturated carbocycles. The summed E-state index contributed by atoms with van der Waals surface area (Å²) in [5.41, 5.74) is 0.698. The number of hydrogen-bond donors (Lipinski definition) is 2. The van der Waals surface area contributed by atoms with E-state index in [2.05, 4.69) is 69.2 Å². The minimum absolute atomic E-state index is 0.223. The molecule has 0 aromatic heterocycles. The van der Waals surface area contributed by atoms with E-state index in [9.17, 15) is 5.11 Å². The Morgan fingerprint density at radius 2 is 2.00 bits per heavy atom. The minimum Gasteiger partial charge on any atom is -0.389 e. The van der Waals surface area contributed by atoms with E-state index in [0.29, 0.717) is 6.54 Å². The molecule has 112 valence electrons. The van der Waals surface area contributed by atoms with E-state index in [-0.39, 0.29) is 6.04 Å². The maximum Gasteiger partial charge on any atom is 0.0772 e. The first-order valence-corrected chi connectivity index (χ1v) is 8.89. The molecule has 0 spiro atoms. The van der Waals surface area contributed by atoms with E-state index in [1.807, 2.05) is 0 Å². The van der Waals surface area contributed by atoms with Gasteiger partial charge in [0.05, 0.1) is 5.60 Å². The summed E-state index contributed by atoms with van der Waals surface area (Å²) < 4.78 is 2.16. The van der Waals surface area contributed by atoms with Crippen molar-refractivity contribution < 1.29 is 5.11 Å². The molecule has 0 aliphatic heterocycles. The molecule has 1 fully saturated rings. The standard InChI is InChI=1S/C16H23Br2NO/c1-11-5-7-16(20,8-6-11)10-19-12(2)14-4-3-13(17)9-15(14)18/h3-4,9,11-12,19-20H,5-8,10H2,1-2H3. The third-order valence-electron chi connectivity index (χ3n) is 4.37. The van der Waals surface area contributed by atoms with Crippen molar-refractivity contribution in [3.8, 4) is 0 Å². The van der Waals surface area contributed by atoms with Gasteiger partial charge in [-0.05, 0) is 56.2 Å². The summed E-state index contributed by atoms with van der Waals surface area (Å²) in [7, 11) is 0. The van der Waals surface area contributed by atoms with Crippen LogP contribution in [-0.2, 0) is 0 Å². The predicted octanol–water partition coefficient (Wildman–Crippen LogP) is 4.80. The third kappa shape index (κ3) is 4.30. The van der Waals surface area contributed by atoms with Crippen LogP contribution in [0.2, 0.25) is 0 Å². The van der Waals surface area contributed by atoms with Crippen molar-refractivity contribution in [2.24, 2.45) is 5.92 Å². The van der Waals surface area contributed by atoms with Gasteiger partial charge in [-0.15, -0.1) is 0 Å². The molecule has 2 N–H and O–H groups in total. The molecule has 20 heavy (non-hydrogen) atoms. The van der Waals surface area contributed by atoms with Gasteiger partial charge in [-0.2, -0.15) is 0 Å². The van der Waals surface area contributed by atoms with Gasteiger partial charge >= 0.3 is 0 Å². The van der Waals surface area contributed by atoms with Crippen LogP contribution in [0.25, 0.3) is 0 Å². The van der Waals surface area contributed by atoms with Crippen LogP contribution in [0.15, 0.2) is 27.1 Å². The summed E-state index contributed by atoms with van der Waals surface area (Å²) >= 11 is 7.07. The fraction of sp³-hybridized carbons (Fsp3) is 0.625. The molecule has 1 aliphatic rings. The molecule has 1 unspecified atom stereocenters. The van der Waals surface area contributed by atoms with Crippen LogP contribution in [0, 0.1) is 5.92 Å². The van der Waals surface area contributed by atoms with Crippen LogP contribution in [-0.4, -0.2) is 17.3 Å². The average Bonchev–Trinajstić information content (AvgIpc) is 2.40. The van der Waals surface area contributed by atoms with Crippen molar-refractivity contribution in [1.29, 1.82) is 0 Å². The molecule has 0 bridgehead atoms. The first kappa shape index (κ1) is 16.5. The lowest BCUT2D eigenvalue weighted by atomic mass is 9.79.